The molecule has 0 rings (SSSR count). The number of hydrogen-bond donors (Lipinski definition) is 1. The van der Waals surface area contributed by atoms with Gasteiger partial charge in [0.2, 0.25) is 0 Å². The molecule has 0 amide bonds. The number of thiol groups is 1. The van der Waals surface area contributed by atoms with E-state index >= 15 is 0 Å². The second-order valence-corrected chi connectivity index (χ2v) is 6.60. The lowest BCUT2D eigenvalue weighted by Crippen LogP contribution is -2.56. The van der Waals surface area contributed by atoms with Gasteiger partial charge in [-0.3, -0.25) is 0 Å². The van der Waals surface area contributed by atoms with E-state index in [0.717, 1.165) is 19.3 Å². The summed E-state index contributed by atoms with van der Waals surface area (Å²) < 4.78 is 17.2. The summed E-state index contributed by atoms with van der Waals surface area (Å²) in [5, 5.41) is 1.69. The minimum Gasteiger partial charge on any atom is -0.373 e. The number of methoxy groups -OCH3 is 3. The molecule has 0 saturated carbocycles. The number of rotatable bonds is 13. The third-order valence-electron chi connectivity index (χ3n) is 4.73. The van der Waals surface area contributed by atoms with Crippen molar-refractivity contribution < 1.29 is 14.2 Å². The first-order valence-electron chi connectivity index (χ1n) is 9.38. The van der Waals surface area contributed by atoms with Crippen molar-refractivity contribution in [3.05, 3.63) is 11.5 Å². The van der Waals surface area contributed by atoms with Gasteiger partial charge in [-0.1, -0.05) is 64.9 Å². The number of hydrogen-bond acceptors (Lipinski definition) is 4. The van der Waals surface area contributed by atoms with Gasteiger partial charge >= 0.3 is 0 Å². The summed E-state index contributed by atoms with van der Waals surface area (Å²) in [5.74, 6) is -0.679. The van der Waals surface area contributed by atoms with E-state index in [-0.39, 0.29) is 5.60 Å². The predicted molar refractivity (Wildman–Crippen MR) is 109 cm³/mol. The van der Waals surface area contributed by atoms with Gasteiger partial charge in [-0.05, 0) is 32.1 Å². The summed E-state index contributed by atoms with van der Waals surface area (Å²) in [6.07, 6.45) is 12.6. The van der Waals surface area contributed by atoms with Gasteiger partial charge in [-0.15, -0.1) is 0 Å². The molecule has 4 heteroatoms. The Kier molecular flexibility index (Phi) is 17.9. The molecule has 1 unspecified atom stereocenters. The van der Waals surface area contributed by atoms with Crippen LogP contribution < -0.4 is 0 Å². The smallest absolute Gasteiger partial charge is 0.194 e. The lowest BCUT2D eigenvalue weighted by Gasteiger charge is -2.45. The zero-order valence-corrected chi connectivity index (χ0v) is 18.1. The normalized spacial score (nSPS) is 14.3. The standard InChI is InChI=1S/C17H36O3.C3H6S/c1-7-9-10-11-12-13-15-17(20-6,14-8-2)16(3,18-4)19-5;1-2-3-4/h7-15H2,1-6H3;2-4H,1H3. The predicted octanol–water partition coefficient (Wildman–Crippen LogP) is 6.38. The van der Waals surface area contributed by atoms with Gasteiger partial charge in [0.05, 0.1) is 0 Å². The Hall–Kier alpha value is -0.0300. The fraction of sp³-hybridized carbons (Fsp3) is 0.900. The van der Waals surface area contributed by atoms with E-state index in [2.05, 4.69) is 26.5 Å². The molecule has 1 atom stereocenters. The monoisotopic (exact) mass is 362 g/mol. The molecule has 0 saturated heterocycles. The van der Waals surface area contributed by atoms with E-state index < -0.39 is 5.79 Å². The van der Waals surface area contributed by atoms with Crippen LogP contribution in [0.5, 0.6) is 0 Å². The fourth-order valence-corrected chi connectivity index (χ4v) is 3.02. The first kappa shape index (κ1) is 26.2. The Balaban J connectivity index is 0. The second kappa shape index (κ2) is 16.4. The van der Waals surface area contributed by atoms with Gasteiger partial charge in [0.1, 0.15) is 5.60 Å². The van der Waals surface area contributed by atoms with Crippen molar-refractivity contribution in [2.24, 2.45) is 0 Å². The Morgan fingerprint density at radius 2 is 1.29 bits per heavy atom. The van der Waals surface area contributed by atoms with Gasteiger partial charge in [-0.25, -0.2) is 0 Å². The molecular formula is C20H42O3S. The van der Waals surface area contributed by atoms with Gasteiger partial charge in [0.15, 0.2) is 5.79 Å². The zero-order chi connectivity index (χ0) is 18.9. The van der Waals surface area contributed by atoms with Gasteiger partial charge in [0.25, 0.3) is 0 Å². The molecule has 0 aromatic heterocycles. The third kappa shape index (κ3) is 9.45. The molecule has 0 fully saturated rings. The molecule has 24 heavy (non-hydrogen) atoms. The van der Waals surface area contributed by atoms with Crippen molar-refractivity contribution in [2.75, 3.05) is 21.3 Å². The first-order chi connectivity index (χ1) is 11.5. The Morgan fingerprint density at radius 3 is 1.67 bits per heavy atom. The molecule has 0 spiro atoms. The maximum atomic E-state index is 5.90. The minimum absolute atomic E-state index is 0.351. The highest BCUT2D eigenvalue weighted by Crippen LogP contribution is 2.38. The SMILES string of the molecule is CC=CS.CCCCCCCCC(CCC)(OC)C(C)(OC)OC. The number of allylic oxidation sites excluding steroid dienone is 1. The van der Waals surface area contributed by atoms with E-state index in [1.807, 2.05) is 19.9 Å². The second-order valence-electron chi connectivity index (χ2n) is 6.30. The molecule has 0 bridgehead atoms. The summed E-state index contributed by atoms with van der Waals surface area (Å²) in [6, 6.07) is 0. The third-order valence-corrected chi connectivity index (χ3v) is 5.03. The fourth-order valence-electron chi connectivity index (χ4n) is 3.02. The van der Waals surface area contributed by atoms with Crippen LogP contribution >= 0.6 is 12.6 Å². The Morgan fingerprint density at radius 1 is 0.792 bits per heavy atom. The lowest BCUT2D eigenvalue weighted by atomic mass is 9.83. The molecule has 0 aliphatic rings. The van der Waals surface area contributed by atoms with Crippen molar-refractivity contribution in [3.63, 3.8) is 0 Å². The van der Waals surface area contributed by atoms with Crippen LogP contribution in [0.1, 0.15) is 85.5 Å². The van der Waals surface area contributed by atoms with Gasteiger partial charge in [-0.2, -0.15) is 12.6 Å². The Bertz CT molecular complexity index is 287. The quantitative estimate of drug-likeness (QED) is 0.234. The van der Waals surface area contributed by atoms with Crippen molar-refractivity contribution in [1.82, 2.24) is 0 Å². The zero-order valence-electron chi connectivity index (χ0n) is 17.2. The first-order valence-corrected chi connectivity index (χ1v) is 9.89. The molecule has 0 radical (unpaired) electrons. The summed E-state index contributed by atoms with van der Waals surface area (Å²) in [4.78, 5) is 0. The van der Waals surface area contributed by atoms with Crippen molar-refractivity contribution in [1.29, 1.82) is 0 Å². The van der Waals surface area contributed by atoms with Crippen molar-refractivity contribution >= 4 is 12.6 Å². The number of ether oxygens (including phenoxy) is 3. The summed E-state index contributed by atoms with van der Waals surface area (Å²) in [6.45, 7) is 8.34. The molecule has 0 aliphatic heterocycles. The number of unbranched alkanes of at least 4 members (excludes halogenated alkanes) is 5. The van der Waals surface area contributed by atoms with Crippen molar-refractivity contribution in [2.45, 2.75) is 96.9 Å². The largest absolute Gasteiger partial charge is 0.373 e. The van der Waals surface area contributed by atoms with Crippen LogP contribution in [0.25, 0.3) is 0 Å². The maximum absolute atomic E-state index is 5.90. The molecule has 0 aromatic rings. The van der Waals surface area contributed by atoms with E-state index in [9.17, 15) is 0 Å². The van der Waals surface area contributed by atoms with Crippen LogP contribution in [0.4, 0.5) is 0 Å². The summed E-state index contributed by atoms with van der Waals surface area (Å²) >= 11 is 3.74. The van der Waals surface area contributed by atoms with Gasteiger partial charge in [0, 0.05) is 21.3 Å². The van der Waals surface area contributed by atoms with E-state index in [4.69, 9.17) is 14.2 Å². The average Bonchev–Trinajstić information content (AvgIpc) is 2.63. The van der Waals surface area contributed by atoms with Crippen LogP contribution in [-0.4, -0.2) is 32.7 Å². The highest BCUT2D eigenvalue weighted by atomic mass is 32.1. The molecule has 0 N–H and O–H groups in total. The van der Waals surface area contributed by atoms with E-state index in [0.29, 0.717) is 0 Å². The maximum Gasteiger partial charge on any atom is 0.194 e. The molecular weight excluding hydrogens is 320 g/mol. The molecule has 0 aliphatic carbocycles. The molecule has 0 heterocycles. The summed E-state index contributed by atoms with van der Waals surface area (Å²) in [5.41, 5.74) is -0.351. The van der Waals surface area contributed by atoms with Crippen LogP contribution in [0.15, 0.2) is 11.5 Å². The van der Waals surface area contributed by atoms with Crippen LogP contribution in [-0.2, 0) is 14.2 Å². The molecule has 146 valence electrons. The molecule has 0 aromatic carbocycles. The molecule has 3 nitrogen and oxygen atoms in total. The van der Waals surface area contributed by atoms with E-state index in [1.54, 1.807) is 26.7 Å². The highest BCUT2D eigenvalue weighted by Gasteiger charge is 2.48. The van der Waals surface area contributed by atoms with E-state index in [1.165, 1.54) is 38.5 Å². The topological polar surface area (TPSA) is 27.7 Å². The van der Waals surface area contributed by atoms with Crippen LogP contribution in [0, 0.1) is 0 Å². The van der Waals surface area contributed by atoms with Crippen molar-refractivity contribution in [3.8, 4) is 0 Å². The minimum atomic E-state index is -0.679. The lowest BCUT2D eigenvalue weighted by molar-refractivity contribution is -0.303. The Labute approximate surface area is 156 Å². The van der Waals surface area contributed by atoms with Crippen LogP contribution in [0.3, 0.4) is 0 Å². The van der Waals surface area contributed by atoms with Gasteiger partial charge < -0.3 is 14.2 Å². The van der Waals surface area contributed by atoms with Crippen LogP contribution in [0.2, 0.25) is 0 Å². The summed E-state index contributed by atoms with van der Waals surface area (Å²) in [7, 11) is 5.19. The highest BCUT2D eigenvalue weighted by molar-refractivity contribution is 7.83. The average molecular weight is 363 g/mol.